The molecular weight excluding hydrogens is 486 g/mol. The lowest BCUT2D eigenvalue weighted by Gasteiger charge is -2.38. The number of nitrogens with zero attached hydrogens (tertiary/aromatic N) is 1. The SMILES string of the molecule is C=Cc1cccc(C(C(=O)NCc2ccccc2)N(C(=O)C(CS)NC(=O)OC(C)(C)C)C(C)CC)c1. The van der Waals surface area contributed by atoms with Gasteiger partial charge in [0, 0.05) is 18.3 Å². The molecule has 0 saturated heterocycles. The standard InChI is InChI=1S/C29H39N3O4S/c1-7-20(3)32(27(34)24(19-37)31-28(35)36-29(4,5)6)25(23-16-12-15-21(8-2)17-23)26(33)30-18-22-13-10-9-11-14-22/h8-17,20,24-25,37H,2,7,18-19H2,1,3-6H3,(H,30,33)(H,31,35). The Morgan fingerprint density at radius 1 is 1.11 bits per heavy atom. The Morgan fingerprint density at radius 2 is 1.78 bits per heavy atom. The van der Waals surface area contributed by atoms with Crippen LogP contribution in [0.4, 0.5) is 4.79 Å². The van der Waals surface area contributed by atoms with Crippen molar-refractivity contribution in [3.05, 3.63) is 77.9 Å². The molecule has 2 N–H and O–H groups in total. The minimum absolute atomic E-state index is 0.0378. The molecule has 2 aromatic carbocycles. The third-order valence-electron chi connectivity index (χ3n) is 5.79. The molecule has 0 bridgehead atoms. The predicted octanol–water partition coefficient (Wildman–Crippen LogP) is 5.14. The zero-order chi connectivity index (χ0) is 27.6. The van der Waals surface area contributed by atoms with Crippen molar-refractivity contribution in [1.82, 2.24) is 15.5 Å². The van der Waals surface area contributed by atoms with Crippen LogP contribution in [0.5, 0.6) is 0 Å². The summed E-state index contributed by atoms with van der Waals surface area (Å²) in [7, 11) is 0. The maximum absolute atomic E-state index is 13.9. The fourth-order valence-electron chi connectivity index (χ4n) is 3.79. The lowest BCUT2D eigenvalue weighted by atomic mass is 9.98. The molecule has 2 rings (SSSR count). The van der Waals surface area contributed by atoms with Crippen molar-refractivity contribution in [3.63, 3.8) is 0 Å². The minimum atomic E-state index is -0.987. The van der Waals surface area contributed by atoms with Gasteiger partial charge in [0.2, 0.25) is 11.8 Å². The smallest absolute Gasteiger partial charge is 0.408 e. The highest BCUT2D eigenvalue weighted by molar-refractivity contribution is 7.80. The van der Waals surface area contributed by atoms with Gasteiger partial charge in [-0.15, -0.1) is 0 Å². The number of thiol groups is 1. The second-order valence-electron chi connectivity index (χ2n) is 9.86. The summed E-state index contributed by atoms with van der Waals surface area (Å²) in [5.41, 5.74) is 1.69. The number of hydrogen-bond acceptors (Lipinski definition) is 5. The van der Waals surface area contributed by atoms with Crippen molar-refractivity contribution < 1.29 is 19.1 Å². The highest BCUT2D eigenvalue weighted by Gasteiger charge is 2.38. The van der Waals surface area contributed by atoms with Crippen LogP contribution in [0.25, 0.3) is 6.08 Å². The quantitative estimate of drug-likeness (QED) is 0.355. The van der Waals surface area contributed by atoms with Gasteiger partial charge in [-0.05, 0) is 56.9 Å². The Bertz CT molecular complexity index is 1070. The Morgan fingerprint density at radius 3 is 2.35 bits per heavy atom. The van der Waals surface area contributed by atoms with E-state index in [1.807, 2.05) is 68.4 Å². The lowest BCUT2D eigenvalue weighted by molar-refractivity contribution is -0.144. The number of carbonyl (C=O) groups is 3. The number of amides is 3. The van der Waals surface area contributed by atoms with Crippen LogP contribution in [-0.2, 0) is 20.9 Å². The maximum Gasteiger partial charge on any atom is 0.408 e. The van der Waals surface area contributed by atoms with E-state index < -0.39 is 29.7 Å². The zero-order valence-corrected chi connectivity index (χ0v) is 23.3. The summed E-state index contributed by atoms with van der Waals surface area (Å²) in [5, 5.41) is 5.62. The van der Waals surface area contributed by atoms with Gasteiger partial charge in [-0.25, -0.2) is 4.79 Å². The normalized spacial score (nSPS) is 13.6. The number of ether oxygens (including phenoxy) is 1. The number of nitrogens with one attached hydrogen (secondary N) is 2. The van der Waals surface area contributed by atoms with Crippen LogP contribution in [0.15, 0.2) is 61.2 Å². The molecular formula is C29H39N3O4S. The van der Waals surface area contributed by atoms with Gasteiger partial charge in [0.1, 0.15) is 17.7 Å². The third-order valence-corrected chi connectivity index (χ3v) is 6.16. The zero-order valence-electron chi connectivity index (χ0n) is 22.4. The van der Waals surface area contributed by atoms with E-state index in [9.17, 15) is 14.4 Å². The van der Waals surface area contributed by atoms with Crippen LogP contribution in [0, 0.1) is 0 Å². The first-order valence-electron chi connectivity index (χ1n) is 12.5. The van der Waals surface area contributed by atoms with Crippen LogP contribution >= 0.6 is 12.6 Å². The molecule has 0 saturated carbocycles. The summed E-state index contributed by atoms with van der Waals surface area (Å²) >= 11 is 4.33. The molecule has 3 amide bonds. The van der Waals surface area contributed by atoms with Gasteiger partial charge in [0.25, 0.3) is 0 Å². The molecule has 7 nitrogen and oxygen atoms in total. The fraction of sp³-hybridized carbons (Fsp3) is 0.414. The Kier molecular flexibility index (Phi) is 11.2. The summed E-state index contributed by atoms with van der Waals surface area (Å²) in [6.07, 6.45) is 1.57. The summed E-state index contributed by atoms with van der Waals surface area (Å²) < 4.78 is 5.35. The number of rotatable bonds is 11. The van der Waals surface area contributed by atoms with Gasteiger partial charge in [0.15, 0.2) is 0 Å². The first-order valence-corrected chi connectivity index (χ1v) is 13.1. The molecule has 0 aromatic heterocycles. The average Bonchev–Trinajstić information content (AvgIpc) is 2.87. The Hall–Kier alpha value is -3.26. The highest BCUT2D eigenvalue weighted by atomic mass is 32.1. The second-order valence-corrected chi connectivity index (χ2v) is 10.2. The molecule has 200 valence electrons. The topological polar surface area (TPSA) is 87.7 Å². The van der Waals surface area contributed by atoms with Gasteiger partial charge in [-0.1, -0.05) is 68.1 Å². The average molecular weight is 526 g/mol. The van der Waals surface area contributed by atoms with Crippen molar-refractivity contribution in [2.75, 3.05) is 5.75 Å². The molecule has 3 unspecified atom stereocenters. The molecule has 37 heavy (non-hydrogen) atoms. The summed E-state index contributed by atoms with van der Waals surface area (Å²) in [5.74, 6) is -0.705. The minimum Gasteiger partial charge on any atom is -0.444 e. The number of carbonyl (C=O) groups excluding carboxylic acids is 3. The molecule has 0 aliphatic rings. The van der Waals surface area contributed by atoms with E-state index >= 15 is 0 Å². The van der Waals surface area contributed by atoms with E-state index in [-0.39, 0.29) is 17.7 Å². The van der Waals surface area contributed by atoms with E-state index in [1.54, 1.807) is 31.7 Å². The molecule has 0 fully saturated rings. The number of benzene rings is 2. The van der Waals surface area contributed by atoms with Crippen LogP contribution in [0.1, 0.15) is 63.8 Å². The third kappa shape index (κ3) is 8.97. The van der Waals surface area contributed by atoms with Crippen molar-refractivity contribution in [2.45, 2.75) is 71.3 Å². The van der Waals surface area contributed by atoms with Crippen LogP contribution in [-0.4, -0.2) is 46.2 Å². The van der Waals surface area contributed by atoms with Gasteiger partial charge in [-0.2, -0.15) is 12.6 Å². The Balaban J connectivity index is 2.46. The van der Waals surface area contributed by atoms with Crippen molar-refractivity contribution in [1.29, 1.82) is 0 Å². The number of alkyl carbamates (subject to hydrolysis) is 1. The van der Waals surface area contributed by atoms with E-state index in [4.69, 9.17) is 4.74 Å². The number of hydrogen-bond donors (Lipinski definition) is 3. The van der Waals surface area contributed by atoms with Crippen molar-refractivity contribution in [2.24, 2.45) is 0 Å². The maximum atomic E-state index is 13.9. The molecule has 0 aliphatic heterocycles. The van der Waals surface area contributed by atoms with Crippen molar-refractivity contribution in [3.8, 4) is 0 Å². The van der Waals surface area contributed by atoms with E-state index in [2.05, 4.69) is 29.8 Å². The molecule has 0 spiro atoms. The molecule has 8 heteroatoms. The molecule has 0 heterocycles. The highest BCUT2D eigenvalue weighted by Crippen LogP contribution is 2.27. The summed E-state index contributed by atoms with van der Waals surface area (Å²) in [4.78, 5) is 41.7. The van der Waals surface area contributed by atoms with Gasteiger partial charge < -0.3 is 20.3 Å². The van der Waals surface area contributed by atoms with Crippen LogP contribution in [0.3, 0.4) is 0 Å². The fourth-order valence-corrected chi connectivity index (χ4v) is 4.03. The van der Waals surface area contributed by atoms with Gasteiger partial charge in [0.05, 0.1) is 0 Å². The molecule has 0 aliphatic carbocycles. The first-order chi connectivity index (χ1) is 17.5. The largest absolute Gasteiger partial charge is 0.444 e. The van der Waals surface area contributed by atoms with Crippen LogP contribution < -0.4 is 10.6 Å². The Labute approximate surface area is 226 Å². The van der Waals surface area contributed by atoms with E-state index in [1.165, 1.54) is 0 Å². The second kappa shape index (κ2) is 13.9. The van der Waals surface area contributed by atoms with Gasteiger partial charge in [-0.3, -0.25) is 9.59 Å². The van der Waals surface area contributed by atoms with E-state index in [0.717, 1.165) is 11.1 Å². The monoisotopic (exact) mass is 525 g/mol. The predicted molar refractivity (Wildman–Crippen MR) is 151 cm³/mol. The lowest BCUT2D eigenvalue weighted by Crippen LogP contribution is -2.56. The van der Waals surface area contributed by atoms with Crippen LogP contribution in [0.2, 0.25) is 0 Å². The van der Waals surface area contributed by atoms with Crippen molar-refractivity contribution >= 4 is 36.6 Å². The summed E-state index contributed by atoms with van der Waals surface area (Å²) in [6.45, 7) is 13.2. The molecule has 3 atom stereocenters. The summed E-state index contributed by atoms with van der Waals surface area (Å²) in [6, 6.07) is 14.7. The van der Waals surface area contributed by atoms with E-state index in [0.29, 0.717) is 18.5 Å². The first kappa shape index (κ1) is 30.0. The molecule has 2 aromatic rings. The van der Waals surface area contributed by atoms with Gasteiger partial charge >= 0.3 is 6.09 Å². The molecule has 0 radical (unpaired) electrons.